The molecule has 0 spiro atoms. The van der Waals surface area contributed by atoms with Crippen molar-refractivity contribution >= 4 is 17.3 Å². The Balaban J connectivity index is 3.45. The number of ether oxygens (including phenoxy) is 1. The van der Waals surface area contributed by atoms with Crippen LogP contribution in [-0.4, -0.2) is 21.3 Å². The first-order valence-electron chi connectivity index (χ1n) is 6.04. The summed E-state index contributed by atoms with van der Waals surface area (Å²) in [6.07, 6.45) is -11.0. The van der Waals surface area contributed by atoms with Gasteiger partial charge in [0.15, 0.2) is 5.75 Å². The monoisotopic (exact) mass is 379 g/mol. The van der Waals surface area contributed by atoms with Crippen molar-refractivity contribution in [3.63, 3.8) is 0 Å². The zero-order valence-electron chi connectivity index (χ0n) is 11.8. The van der Waals surface area contributed by atoms with Gasteiger partial charge < -0.3 is 13.5 Å². The van der Waals surface area contributed by atoms with E-state index < -0.39 is 65.2 Å². The minimum atomic E-state index is -5.30. The number of halogens is 6. The quantitative estimate of drug-likeness (QED) is 0.447. The van der Waals surface area contributed by atoms with Crippen LogP contribution in [0.25, 0.3) is 0 Å². The van der Waals surface area contributed by atoms with Crippen LogP contribution in [0.2, 0.25) is 0 Å². The number of esters is 1. The predicted octanol–water partition coefficient (Wildman–Crippen LogP) is 3.00. The normalized spacial score (nSPS) is 13.5. The lowest BCUT2D eigenvalue weighted by Gasteiger charge is -2.20. The lowest BCUT2D eigenvalue weighted by Crippen LogP contribution is -2.17. The van der Waals surface area contributed by atoms with E-state index in [1.54, 1.807) is 0 Å². The van der Waals surface area contributed by atoms with Crippen LogP contribution in [0.1, 0.15) is 23.6 Å². The zero-order valence-corrected chi connectivity index (χ0v) is 12.6. The molecule has 5 nitrogen and oxygen atoms in total. The number of benzene rings is 1. The first kappa shape index (κ1) is 20.2. The Morgan fingerprint density at radius 3 is 1.92 bits per heavy atom. The molecule has 0 heterocycles. The molecule has 0 bridgehead atoms. The van der Waals surface area contributed by atoms with Crippen molar-refractivity contribution in [2.45, 2.75) is 25.7 Å². The second-order valence-corrected chi connectivity index (χ2v) is 4.97. The third-order valence-electron chi connectivity index (χ3n) is 2.61. The van der Waals surface area contributed by atoms with Crippen LogP contribution >= 0.6 is 0 Å². The van der Waals surface area contributed by atoms with Gasteiger partial charge in [-0.25, -0.2) is 4.21 Å². The van der Waals surface area contributed by atoms with Crippen molar-refractivity contribution in [1.29, 1.82) is 0 Å². The number of rotatable bonds is 5. The van der Waals surface area contributed by atoms with Crippen LogP contribution in [0, 0.1) is 0 Å². The summed E-state index contributed by atoms with van der Waals surface area (Å²) in [5, 5.41) is 0. The summed E-state index contributed by atoms with van der Waals surface area (Å²) in [4.78, 5) is 10.6. The molecule has 24 heavy (non-hydrogen) atoms. The van der Waals surface area contributed by atoms with Crippen molar-refractivity contribution in [3.8, 4) is 5.75 Å². The topological polar surface area (TPSA) is 75.7 Å². The SMILES string of the molecule is CC(=O)OCCc1cc(C(F)(F)F)c(OS(=O)[O-])c(C(F)(F)F)c1. The van der Waals surface area contributed by atoms with Gasteiger partial charge in [-0.05, 0) is 17.7 Å². The van der Waals surface area contributed by atoms with Gasteiger partial charge in [0.05, 0.1) is 6.61 Å². The van der Waals surface area contributed by atoms with E-state index in [4.69, 9.17) is 0 Å². The summed E-state index contributed by atoms with van der Waals surface area (Å²) in [6, 6.07) is 0.613. The molecule has 0 saturated heterocycles. The van der Waals surface area contributed by atoms with Crippen LogP contribution in [0.3, 0.4) is 0 Å². The maximum atomic E-state index is 13.0. The highest BCUT2D eigenvalue weighted by Crippen LogP contribution is 2.45. The van der Waals surface area contributed by atoms with E-state index in [9.17, 15) is 39.9 Å². The number of alkyl halides is 6. The Bertz CT molecular complexity index is 605. The molecule has 0 aliphatic heterocycles. The molecule has 0 amide bonds. The fourth-order valence-corrected chi connectivity index (χ4v) is 2.04. The van der Waals surface area contributed by atoms with Gasteiger partial charge in [-0.15, -0.1) is 0 Å². The first-order valence-corrected chi connectivity index (χ1v) is 7.04. The van der Waals surface area contributed by atoms with Gasteiger partial charge >= 0.3 is 18.3 Å². The molecule has 0 aliphatic carbocycles. The maximum Gasteiger partial charge on any atom is 0.420 e. The smallest absolute Gasteiger partial charge is 0.420 e. The largest absolute Gasteiger partial charge is 0.740 e. The Kier molecular flexibility index (Phi) is 6.22. The van der Waals surface area contributed by atoms with Gasteiger partial charge in [-0.3, -0.25) is 4.79 Å². The van der Waals surface area contributed by atoms with E-state index in [0.29, 0.717) is 12.1 Å². The Morgan fingerprint density at radius 1 is 1.12 bits per heavy atom. The van der Waals surface area contributed by atoms with Crippen molar-refractivity contribution in [3.05, 3.63) is 28.8 Å². The number of carbonyl (C=O) groups excluding carboxylic acids is 1. The molecule has 136 valence electrons. The highest BCUT2D eigenvalue weighted by atomic mass is 32.2. The number of hydrogen-bond acceptors (Lipinski definition) is 5. The molecule has 1 aromatic rings. The van der Waals surface area contributed by atoms with Gasteiger partial charge in [0.1, 0.15) is 22.5 Å². The minimum absolute atomic E-state index is 0.306. The molecule has 1 aromatic carbocycles. The van der Waals surface area contributed by atoms with Crippen molar-refractivity contribution in [1.82, 2.24) is 0 Å². The van der Waals surface area contributed by atoms with Gasteiger partial charge in [-0.2, -0.15) is 26.3 Å². The standard InChI is InChI=1S/C12H10F6O5S/c1-6(19)22-3-2-7-4-8(11(13,14)15)10(23-24(20)21)9(5-7)12(16,17)18/h4-5H,2-3H2,1H3,(H,20,21)/p-1. The molecular weight excluding hydrogens is 370 g/mol. The highest BCUT2D eigenvalue weighted by molar-refractivity contribution is 7.74. The molecule has 0 fully saturated rings. The first-order chi connectivity index (χ1) is 10.8. The van der Waals surface area contributed by atoms with Crippen LogP contribution in [-0.2, 0) is 39.7 Å². The molecule has 0 radical (unpaired) electrons. The number of hydrogen-bond donors (Lipinski definition) is 0. The van der Waals surface area contributed by atoms with Crippen LogP contribution < -0.4 is 4.18 Å². The molecule has 1 atom stereocenters. The molecule has 12 heteroatoms. The second kappa shape index (κ2) is 7.38. The van der Waals surface area contributed by atoms with Gasteiger partial charge in [0.25, 0.3) is 0 Å². The van der Waals surface area contributed by atoms with Crippen molar-refractivity contribution in [2.24, 2.45) is 0 Å². The Hall–Kier alpha value is -1.82. The van der Waals surface area contributed by atoms with E-state index in [-0.39, 0.29) is 0 Å². The van der Waals surface area contributed by atoms with E-state index >= 15 is 0 Å². The summed E-state index contributed by atoms with van der Waals surface area (Å²) in [7, 11) is 0. The average molecular weight is 379 g/mol. The third-order valence-corrected chi connectivity index (χ3v) is 2.91. The highest BCUT2D eigenvalue weighted by Gasteiger charge is 2.43. The lowest BCUT2D eigenvalue weighted by atomic mass is 10.0. The summed E-state index contributed by atoms with van der Waals surface area (Å²) in [5.74, 6) is -2.62. The van der Waals surface area contributed by atoms with Gasteiger partial charge in [-0.1, -0.05) is 0 Å². The van der Waals surface area contributed by atoms with Crippen LogP contribution in [0.15, 0.2) is 12.1 Å². The summed E-state index contributed by atoms with van der Waals surface area (Å²) in [6.45, 7) is 0.570. The van der Waals surface area contributed by atoms with Gasteiger partial charge in [0, 0.05) is 13.3 Å². The number of carbonyl (C=O) groups is 1. The molecule has 0 aliphatic rings. The second-order valence-electron chi connectivity index (χ2n) is 4.39. The summed E-state index contributed by atoms with van der Waals surface area (Å²) < 4.78 is 107. The van der Waals surface area contributed by atoms with Crippen LogP contribution in [0.4, 0.5) is 26.3 Å². The zero-order chi connectivity index (χ0) is 18.7. The van der Waals surface area contributed by atoms with E-state index in [2.05, 4.69) is 8.92 Å². The average Bonchev–Trinajstić information content (AvgIpc) is 2.36. The van der Waals surface area contributed by atoms with Crippen molar-refractivity contribution < 1.29 is 48.8 Å². The maximum absolute atomic E-state index is 13.0. The van der Waals surface area contributed by atoms with Gasteiger partial charge in [0.2, 0.25) is 0 Å². The van der Waals surface area contributed by atoms with E-state index in [1.165, 1.54) is 0 Å². The summed E-state index contributed by atoms with van der Waals surface area (Å²) in [5.41, 5.74) is -4.27. The molecule has 1 unspecified atom stereocenters. The minimum Gasteiger partial charge on any atom is -0.740 e. The predicted molar refractivity (Wildman–Crippen MR) is 66.3 cm³/mol. The van der Waals surface area contributed by atoms with E-state index in [0.717, 1.165) is 6.92 Å². The Morgan fingerprint density at radius 2 is 1.58 bits per heavy atom. The Labute approximate surface area is 134 Å². The van der Waals surface area contributed by atoms with Crippen molar-refractivity contribution in [2.75, 3.05) is 6.61 Å². The molecule has 0 aromatic heterocycles. The molecule has 0 N–H and O–H groups in total. The fraction of sp³-hybridized carbons (Fsp3) is 0.417. The summed E-state index contributed by atoms with van der Waals surface area (Å²) >= 11 is -3.64. The molecule has 0 saturated carbocycles. The fourth-order valence-electron chi connectivity index (χ4n) is 1.72. The molecule has 1 rings (SSSR count). The van der Waals surface area contributed by atoms with Crippen LogP contribution in [0.5, 0.6) is 5.75 Å². The lowest BCUT2D eigenvalue weighted by molar-refractivity contribution is -0.145. The van der Waals surface area contributed by atoms with E-state index in [1.807, 2.05) is 0 Å². The molecular formula is C12H9F6O5S-. The third kappa shape index (κ3) is 5.67.